The Hall–Kier alpha value is -8.73. The van der Waals surface area contributed by atoms with E-state index in [0.717, 1.165) is 99.5 Å². The lowest BCUT2D eigenvalue weighted by Crippen LogP contribution is -1.97. The lowest BCUT2D eigenvalue weighted by Gasteiger charge is -2.17. The van der Waals surface area contributed by atoms with Crippen LogP contribution in [0.4, 0.5) is 0 Å². The zero-order valence-electron chi connectivity index (χ0n) is 35.1. The van der Waals surface area contributed by atoms with Gasteiger partial charge in [-0.2, -0.15) is 0 Å². The highest BCUT2D eigenvalue weighted by Crippen LogP contribution is 2.47. The normalized spacial score (nSPS) is 12.0. The summed E-state index contributed by atoms with van der Waals surface area (Å²) < 4.78 is 11.9. The lowest BCUT2D eigenvalue weighted by atomic mass is 9.90. The van der Waals surface area contributed by atoms with Gasteiger partial charge in [0.15, 0.2) is 0 Å². The third-order valence-corrected chi connectivity index (χ3v) is 13.4. The summed E-state index contributed by atoms with van der Waals surface area (Å²) >= 11 is 0. The van der Waals surface area contributed by atoms with E-state index in [1.165, 1.54) is 32.6 Å². The molecule has 0 atom stereocenters. The van der Waals surface area contributed by atoms with E-state index in [0.29, 0.717) is 0 Å². The van der Waals surface area contributed by atoms with Gasteiger partial charge in [-0.3, -0.25) is 0 Å². The summed E-state index contributed by atoms with van der Waals surface area (Å²) in [5, 5.41) is 10.4. The molecule has 0 N–H and O–H groups in total. The zero-order valence-corrected chi connectivity index (χ0v) is 35.1. The standard InChI is InChI=1S/C61H37N3O/c1-3-17-38(18-4-1)60-51-37-49(61-59(48-25-11-16-30-57(48)65-61)58(51)47-24-7-12-26-52(47)62-60)41-33-40(34-43(35-41)64-53-27-13-8-21-44(53)45-22-9-14-28-54(45)64)39-31-32-56-50(36-39)46-23-10-15-29-55(46)63(56)42-19-5-2-6-20-42/h1-37H. The summed E-state index contributed by atoms with van der Waals surface area (Å²) in [4.78, 5) is 5.41. The van der Waals surface area contributed by atoms with Gasteiger partial charge in [-0.15, -0.1) is 0 Å². The summed E-state index contributed by atoms with van der Waals surface area (Å²) in [7, 11) is 0. The van der Waals surface area contributed by atoms with Crippen LogP contribution in [0.2, 0.25) is 0 Å². The molecule has 4 heteroatoms. The Bertz CT molecular complexity index is 4180. The summed E-state index contributed by atoms with van der Waals surface area (Å²) in [6.07, 6.45) is 0. The first-order valence-corrected chi connectivity index (χ1v) is 22.2. The van der Waals surface area contributed by atoms with Gasteiger partial charge in [-0.25, -0.2) is 4.98 Å². The molecule has 14 aromatic rings. The van der Waals surface area contributed by atoms with E-state index in [4.69, 9.17) is 9.40 Å². The lowest BCUT2D eigenvalue weighted by molar-refractivity contribution is 0.670. The summed E-state index contributed by atoms with van der Waals surface area (Å²) in [5.41, 5.74) is 15.9. The van der Waals surface area contributed by atoms with Crippen LogP contribution < -0.4 is 0 Å². The maximum atomic E-state index is 7.08. The number of fused-ring (bicyclic) bond motifs is 13. The number of hydrogen-bond acceptors (Lipinski definition) is 2. The van der Waals surface area contributed by atoms with Crippen molar-refractivity contribution in [3.63, 3.8) is 0 Å². The maximum absolute atomic E-state index is 7.08. The molecule has 0 unspecified atom stereocenters. The monoisotopic (exact) mass is 827 g/mol. The van der Waals surface area contributed by atoms with Crippen LogP contribution in [-0.2, 0) is 0 Å². The third kappa shape index (κ3) is 5.35. The van der Waals surface area contributed by atoms with Crippen molar-refractivity contribution in [2.75, 3.05) is 0 Å². The van der Waals surface area contributed by atoms with Gasteiger partial charge < -0.3 is 13.6 Å². The highest BCUT2D eigenvalue weighted by atomic mass is 16.3. The van der Waals surface area contributed by atoms with Crippen LogP contribution in [0.1, 0.15) is 0 Å². The van der Waals surface area contributed by atoms with Gasteiger partial charge in [-0.05, 0) is 95.6 Å². The molecule has 65 heavy (non-hydrogen) atoms. The first-order chi connectivity index (χ1) is 32.2. The first kappa shape index (κ1) is 35.8. The van der Waals surface area contributed by atoms with Crippen molar-refractivity contribution >= 4 is 87.2 Å². The number of nitrogens with zero attached hydrogens (tertiary/aromatic N) is 3. The number of furan rings is 1. The summed E-state index contributed by atoms with van der Waals surface area (Å²) in [5.74, 6) is 0. The van der Waals surface area contributed by atoms with Crippen LogP contribution in [0.3, 0.4) is 0 Å². The predicted octanol–water partition coefficient (Wildman–Crippen LogP) is 16.5. The van der Waals surface area contributed by atoms with Gasteiger partial charge in [0, 0.05) is 71.0 Å². The van der Waals surface area contributed by atoms with Crippen molar-refractivity contribution in [3.8, 4) is 44.9 Å². The van der Waals surface area contributed by atoms with Gasteiger partial charge in [-0.1, -0.05) is 146 Å². The van der Waals surface area contributed by atoms with Crippen LogP contribution in [0.5, 0.6) is 0 Å². The highest BCUT2D eigenvalue weighted by Gasteiger charge is 2.23. The summed E-state index contributed by atoms with van der Waals surface area (Å²) in [6.45, 7) is 0. The average Bonchev–Trinajstić information content (AvgIpc) is 4.04. The van der Waals surface area contributed by atoms with Gasteiger partial charge >= 0.3 is 0 Å². The Morgan fingerprint density at radius 3 is 1.60 bits per heavy atom. The molecule has 4 aromatic heterocycles. The molecule has 0 aliphatic carbocycles. The van der Waals surface area contributed by atoms with Gasteiger partial charge in [0.25, 0.3) is 0 Å². The predicted molar refractivity (Wildman–Crippen MR) is 272 cm³/mol. The largest absolute Gasteiger partial charge is 0.455 e. The highest BCUT2D eigenvalue weighted by molar-refractivity contribution is 6.30. The van der Waals surface area contributed by atoms with Gasteiger partial charge in [0.1, 0.15) is 11.2 Å². The maximum Gasteiger partial charge on any atom is 0.143 e. The van der Waals surface area contributed by atoms with Crippen molar-refractivity contribution in [3.05, 3.63) is 224 Å². The van der Waals surface area contributed by atoms with E-state index in [9.17, 15) is 0 Å². The molecule has 4 nitrogen and oxygen atoms in total. The Labute approximate surface area is 373 Å². The second-order valence-corrected chi connectivity index (χ2v) is 17.1. The van der Waals surface area contributed by atoms with E-state index >= 15 is 0 Å². The number of aromatic nitrogens is 3. The molecular formula is C61H37N3O. The molecule has 0 radical (unpaired) electrons. The van der Waals surface area contributed by atoms with E-state index < -0.39 is 0 Å². The Balaban J connectivity index is 1.12. The first-order valence-electron chi connectivity index (χ1n) is 22.2. The average molecular weight is 828 g/mol. The molecule has 0 aliphatic rings. The smallest absolute Gasteiger partial charge is 0.143 e. The second-order valence-electron chi connectivity index (χ2n) is 17.1. The number of rotatable bonds is 5. The van der Waals surface area contributed by atoms with Gasteiger partial charge in [0.2, 0.25) is 0 Å². The number of para-hydroxylation sites is 6. The van der Waals surface area contributed by atoms with Crippen molar-refractivity contribution in [1.29, 1.82) is 0 Å². The van der Waals surface area contributed by atoms with E-state index in [2.05, 4.69) is 234 Å². The second kappa shape index (κ2) is 13.9. The zero-order chi connectivity index (χ0) is 42.6. The van der Waals surface area contributed by atoms with E-state index in [1.807, 2.05) is 0 Å². The fraction of sp³-hybridized carbons (Fsp3) is 0. The molecule has 10 aromatic carbocycles. The number of benzene rings is 10. The molecule has 0 bridgehead atoms. The van der Waals surface area contributed by atoms with Crippen LogP contribution >= 0.6 is 0 Å². The summed E-state index contributed by atoms with van der Waals surface area (Å²) in [6, 6.07) is 80.9. The molecule has 4 heterocycles. The van der Waals surface area contributed by atoms with Crippen molar-refractivity contribution in [1.82, 2.24) is 14.1 Å². The molecule has 14 rings (SSSR count). The Morgan fingerprint density at radius 1 is 0.323 bits per heavy atom. The van der Waals surface area contributed by atoms with Crippen LogP contribution in [0.25, 0.3) is 132 Å². The van der Waals surface area contributed by atoms with Crippen LogP contribution in [-0.4, -0.2) is 14.1 Å². The van der Waals surface area contributed by atoms with E-state index in [1.54, 1.807) is 0 Å². The fourth-order valence-corrected chi connectivity index (χ4v) is 10.6. The molecule has 0 saturated carbocycles. The topological polar surface area (TPSA) is 35.9 Å². The Kier molecular flexibility index (Phi) is 7.65. The minimum Gasteiger partial charge on any atom is -0.455 e. The van der Waals surface area contributed by atoms with Crippen molar-refractivity contribution < 1.29 is 4.42 Å². The van der Waals surface area contributed by atoms with E-state index in [-0.39, 0.29) is 0 Å². The third-order valence-electron chi connectivity index (χ3n) is 13.4. The minimum atomic E-state index is 0.859. The molecule has 0 fully saturated rings. The van der Waals surface area contributed by atoms with Crippen LogP contribution in [0, 0.1) is 0 Å². The molecule has 0 amide bonds. The molecule has 302 valence electrons. The molecule has 0 aliphatic heterocycles. The van der Waals surface area contributed by atoms with Crippen LogP contribution in [0.15, 0.2) is 229 Å². The fourth-order valence-electron chi connectivity index (χ4n) is 10.6. The molecular weight excluding hydrogens is 791 g/mol. The van der Waals surface area contributed by atoms with Crippen molar-refractivity contribution in [2.24, 2.45) is 0 Å². The minimum absolute atomic E-state index is 0.859. The quantitative estimate of drug-likeness (QED) is 0.162. The van der Waals surface area contributed by atoms with Gasteiger partial charge in [0.05, 0.1) is 33.3 Å². The SMILES string of the molecule is c1ccc(-c2nc3ccccc3c3c2cc(-c2cc(-c4ccc5c(c4)c4ccccc4n5-c4ccccc4)cc(-n4c5ccccc5c5ccccc54)c2)c2oc4ccccc4c23)cc1. The molecule has 0 saturated heterocycles. The molecule has 0 spiro atoms. The number of hydrogen-bond donors (Lipinski definition) is 0. The van der Waals surface area contributed by atoms with Crippen molar-refractivity contribution in [2.45, 2.75) is 0 Å². The Morgan fingerprint density at radius 2 is 0.877 bits per heavy atom. The number of pyridine rings is 1.